The second-order valence-corrected chi connectivity index (χ2v) is 6.12. The predicted molar refractivity (Wildman–Crippen MR) is 87.0 cm³/mol. The van der Waals surface area contributed by atoms with Crippen molar-refractivity contribution in [2.24, 2.45) is 0 Å². The van der Waals surface area contributed by atoms with Crippen LogP contribution in [0.5, 0.6) is 0 Å². The average molecular weight is 327 g/mol. The molecule has 23 heavy (non-hydrogen) atoms. The summed E-state index contributed by atoms with van der Waals surface area (Å²) in [6.45, 7) is 1.07. The van der Waals surface area contributed by atoms with Crippen LogP contribution in [0.4, 0.5) is 0 Å². The molecule has 4 nitrogen and oxygen atoms in total. The van der Waals surface area contributed by atoms with Crippen LogP contribution in [0.2, 0.25) is 5.02 Å². The van der Waals surface area contributed by atoms with E-state index in [9.17, 15) is 9.90 Å². The topological polar surface area (TPSA) is 64.3 Å². The lowest BCUT2D eigenvalue weighted by Crippen LogP contribution is -2.45. The zero-order valence-electron chi connectivity index (χ0n) is 12.4. The molecule has 0 saturated heterocycles. The number of fused-ring (bicyclic) bond motifs is 1. The van der Waals surface area contributed by atoms with Crippen LogP contribution < -0.4 is 0 Å². The van der Waals surface area contributed by atoms with Gasteiger partial charge in [0, 0.05) is 18.1 Å². The molecule has 0 saturated carbocycles. The van der Waals surface area contributed by atoms with Crippen LogP contribution in [-0.4, -0.2) is 22.0 Å². The molecule has 0 radical (unpaired) electrons. The smallest absolute Gasteiger partial charge is 0.321 e. The predicted octanol–water partition coefficient (Wildman–Crippen LogP) is 3.22. The molecule has 1 atom stereocenters. The molecule has 1 heterocycles. The molecule has 0 amide bonds. The van der Waals surface area contributed by atoms with Crippen molar-refractivity contribution in [3.63, 3.8) is 0 Å². The minimum Gasteiger partial charge on any atom is -0.480 e. The van der Waals surface area contributed by atoms with E-state index in [1.54, 1.807) is 18.2 Å². The first-order chi connectivity index (χ1) is 11.1. The lowest BCUT2D eigenvalue weighted by atomic mass is 9.93. The van der Waals surface area contributed by atoms with Gasteiger partial charge in [-0.15, -0.1) is 0 Å². The van der Waals surface area contributed by atoms with Crippen molar-refractivity contribution in [3.8, 4) is 6.07 Å². The van der Waals surface area contributed by atoms with Gasteiger partial charge < -0.3 is 5.11 Å². The van der Waals surface area contributed by atoms with Crippen molar-refractivity contribution in [2.45, 2.75) is 25.6 Å². The SMILES string of the molecule is N#Cc1ccc(CN2Cc3cc(Cl)ccc3CC2C(=O)O)cc1. The van der Waals surface area contributed by atoms with Gasteiger partial charge in [0.1, 0.15) is 6.04 Å². The summed E-state index contributed by atoms with van der Waals surface area (Å²) in [7, 11) is 0. The number of carboxylic acids is 1. The zero-order chi connectivity index (χ0) is 16.4. The van der Waals surface area contributed by atoms with Gasteiger partial charge in [-0.2, -0.15) is 5.26 Å². The lowest BCUT2D eigenvalue weighted by Gasteiger charge is -2.34. The lowest BCUT2D eigenvalue weighted by molar-refractivity contribution is -0.144. The number of hydrogen-bond acceptors (Lipinski definition) is 3. The number of carbonyl (C=O) groups is 1. The molecular formula is C18H15ClN2O2. The number of nitriles is 1. The summed E-state index contributed by atoms with van der Waals surface area (Å²) in [5.41, 5.74) is 3.70. The number of rotatable bonds is 3. The molecule has 1 unspecified atom stereocenters. The van der Waals surface area contributed by atoms with Crippen molar-refractivity contribution < 1.29 is 9.90 Å². The van der Waals surface area contributed by atoms with Gasteiger partial charge in [0.15, 0.2) is 0 Å². The van der Waals surface area contributed by atoms with E-state index in [4.69, 9.17) is 16.9 Å². The van der Waals surface area contributed by atoms with Gasteiger partial charge in [-0.05, 0) is 47.4 Å². The highest BCUT2D eigenvalue weighted by Gasteiger charge is 2.31. The van der Waals surface area contributed by atoms with Gasteiger partial charge in [0.05, 0.1) is 11.6 Å². The van der Waals surface area contributed by atoms with E-state index in [0.29, 0.717) is 30.1 Å². The molecule has 2 aromatic rings. The Bertz CT molecular complexity index is 781. The number of carboxylic acid groups (broad SMARTS) is 1. The van der Waals surface area contributed by atoms with Gasteiger partial charge in [0.25, 0.3) is 0 Å². The largest absolute Gasteiger partial charge is 0.480 e. The Labute approximate surface area is 139 Å². The molecule has 1 aliphatic heterocycles. The van der Waals surface area contributed by atoms with Crippen molar-refractivity contribution in [3.05, 3.63) is 69.7 Å². The average Bonchev–Trinajstić information content (AvgIpc) is 2.54. The first-order valence-electron chi connectivity index (χ1n) is 7.30. The van der Waals surface area contributed by atoms with E-state index in [1.165, 1.54) is 0 Å². The summed E-state index contributed by atoms with van der Waals surface area (Å²) in [6.07, 6.45) is 0.470. The van der Waals surface area contributed by atoms with Crippen molar-refractivity contribution in [1.29, 1.82) is 5.26 Å². The van der Waals surface area contributed by atoms with Crippen LogP contribution in [0.1, 0.15) is 22.3 Å². The van der Waals surface area contributed by atoms with Gasteiger partial charge in [-0.25, -0.2) is 0 Å². The van der Waals surface area contributed by atoms with Gasteiger partial charge >= 0.3 is 5.97 Å². The molecule has 3 rings (SSSR count). The Kier molecular flexibility index (Phi) is 4.33. The molecule has 0 spiro atoms. The summed E-state index contributed by atoms with van der Waals surface area (Å²) < 4.78 is 0. The summed E-state index contributed by atoms with van der Waals surface area (Å²) in [6, 6.07) is 14.4. The molecule has 1 N–H and O–H groups in total. The number of halogens is 1. The Morgan fingerprint density at radius 3 is 2.65 bits per heavy atom. The van der Waals surface area contributed by atoms with E-state index < -0.39 is 12.0 Å². The second-order valence-electron chi connectivity index (χ2n) is 5.68. The van der Waals surface area contributed by atoms with Gasteiger partial charge in [0.2, 0.25) is 0 Å². The van der Waals surface area contributed by atoms with Crippen LogP contribution in [-0.2, 0) is 24.3 Å². The molecule has 1 aliphatic rings. The normalized spacial score (nSPS) is 17.3. The number of hydrogen-bond donors (Lipinski definition) is 1. The fourth-order valence-electron chi connectivity index (χ4n) is 2.94. The molecular weight excluding hydrogens is 312 g/mol. The molecule has 0 bridgehead atoms. The fraction of sp³-hybridized carbons (Fsp3) is 0.222. The quantitative estimate of drug-likeness (QED) is 0.940. The van der Waals surface area contributed by atoms with Crippen LogP contribution in [0.3, 0.4) is 0 Å². The van der Waals surface area contributed by atoms with E-state index in [0.717, 1.165) is 16.7 Å². The molecule has 0 aliphatic carbocycles. The van der Waals surface area contributed by atoms with Crippen LogP contribution >= 0.6 is 11.6 Å². The standard InChI is InChI=1S/C18H15ClN2O2/c19-16-6-5-14-8-17(18(22)23)21(11-15(14)7-16)10-13-3-1-12(9-20)2-4-13/h1-7,17H,8,10-11H2,(H,22,23). The molecule has 2 aromatic carbocycles. The first-order valence-corrected chi connectivity index (χ1v) is 7.68. The monoisotopic (exact) mass is 326 g/mol. The maximum absolute atomic E-state index is 11.6. The maximum Gasteiger partial charge on any atom is 0.321 e. The van der Waals surface area contributed by atoms with Crippen LogP contribution in [0.25, 0.3) is 0 Å². The summed E-state index contributed by atoms with van der Waals surface area (Å²) in [5.74, 6) is -0.820. The van der Waals surface area contributed by atoms with E-state index in [1.807, 2.05) is 29.2 Å². The van der Waals surface area contributed by atoms with E-state index in [-0.39, 0.29) is 0 Å². The molecule has 0 aromatic heterocycles. The second kappa shape index (κ2) is 6.41. The van der Waals surface area contributed by atoms with Gasteiger partial charge in [-0.3, -0.25) is 9.69 Å². The summed E-state index contributed by atoms with van der Waals surface area (Å²) in [4.78, 5) is 13.6. The van der Waals surface area contributed by atoms with Crippen molar-refractivity contribution >= 4 is 17.6 Å². The van der Waals surface area contributed by atoms with Gasteiger partial charge in [-0.1, -0.05) is 29.8 Å². The third-order valence-electron chi connectivity index (χ3n) is 4.15. The highest BCUT2D eigenvalue weighted by atomic mass is 35.5. The van der Waals surface area contributed by atoms with E-state index in [2.05, 4.69) is 6.07 Å². The van der Waals surface area contributed by atoms with E-state index >= 15 is 0 Å². The van der Waals surface area contributed by atoms with Crippen molar-refractivity contribution in [2.75, 3.05) is 0 Å². The number of benzene rings is 2. The van der Waals surface area contributed by atoms with Crippen LogP contribution in [0.15, 0.2) is 42.5 Å². The van der Waals surface area contributed by atoms with Crippen molar-refractivity contribution in [1.82, 2.24) is 4.90 Å². The molecule has 116 valence electrons. The maximum atomic E-state index is 11.6. The first kappa shape index (κ1) is 15.5. The third kappa shape index (κ3) is 3.37. The highest BCUT2D eigenvalue weighted by molar-refractivity contribution is 6.30. The Balaban J connectivity index is 1.86. The number of aliphatic carboxylic acids is 1. The molecule has 5 heteroatoms. The summed E-state index contributed by atoms with van der Waals surface area (Å²) >= 11 is 6.05. The third-order valence-corrected chi connectivity index (χ3v) is 4.38. The number of nitrogens with zero attached hydrogens (tertiary/aromatic N) is 2. The molecule has 0 fully saturated rings. The minimum atomic E-state index is -0.820. The Morgan fingerprint density at radius 1 is 1.26 bits per heavy atom. The Hall–Kier alpha value is -2.35. The highest BCUT2D eigenvalue weighted by Crippen LogP contribution is 2.27. The summed E-state index contributed by atoms with van der Waals surface area (Å²) in [5, 5.41) is 19.1. The van der Waals surface area contributed by atoms with Crippen LogP contribution in [0, 0.1) is 11.3 Å². The fourth-order valence-corrected chi connectivity index (χ4v) is 3.13. The Morgan fingerprint density at radius 2 is 2.00 bits per heavy atom. The minimum absolute atomic E-state index is 0.470. The zero-order valence-corrected chi connectivity index (χ0v) is 13.1.